The molecular formula is C11H13FO4. The molecule has 1 rings (SSSR count). The second-order valence-electron chi connectivity index (χ2n) is 3.62. The molecular weight excluding hydrogens is 215 g/mol. The number of carbonyl (C=O) groups is 1. The van der Waals surface area contributed by atoms with Crippen molar-refractivity contribution in [2.75, 3.05) is 0 Å². The Morgan fingerprint density at radius 3 is 2.56 bits per heavy atom. The topological polar surface area (TPSA) is 77.8 Å². The first kappa shape index (κ1) is 12.6. The van der Waals surface area contributed by atoms with Gasteiger partial charge in [0.2, 0.25) is 0 Å². The van der Waals surface area contributed by atoms with Gasteiger partial charge in [-0.05, 0) is 24.1 Å². The fraction of sp³-hybridized carbons (Fsp3) is 0.364. The highest BCUT2D eigenvalue weighted by atomic mass is 19.1. The molecule has 0 aliphatic carbocycles. The van der Waals surface area contributed by atoms with Crippen LogP contribution in [0.1, 0.15) is 23.7 Å². The molecule has 4 nitrogen and oxygen atoms in total. The number of aliphatic hydroxyl groups excluding tert-OH is 2. The Morgan fingerprint density at radius 1 is 1.44 bits per heavy atom. The molecule has 2 unspecified atom stereocenters. The van der Waals surface area contributed by atoms with Crippen molar-refractivity contribution in [1.29, 1.82) is 0 Å². The van der Waals surface area contributed by atoms with Crippen LogP contribution in [0.2, 0.25) is 0 Å². The van der Waals surface area contributed by atoms with E-state index >= 15 is 0 Å². The molecule has 0 fully saturated rings. The van der Waals surface area contributed by atoms with Gasteiger partial charge in [0.05, 0.1) is 12.5 Å². The first-order valence-corrected chi connectivity index (χ1v) is 4.75. The number of halogens is 1. The fourth-order valence-corrected chi connectivity index (χ4v) is 1.36. The van der Waals surface area contributed by atoms with E-state index in [-0.39, 0.29) is 0 Å². The van der Waals surface area contributed by atoms with Crippen molar-refractivity contribution in [3.05, 3.63) is 35.1 Å². The molecule has 0 radical (unpaired) electrons. The Bertz CT molecular complexity index is 392. The highest BCUT2D eigenvalue weighted by Crippen LogP contribution is 2.21. The van der Waals surface area contributed by atoms with E-state index in [0.717, 1.165) is 0 Å². The summed E-state index contributed by atoms with van der Waals surface area (Å²) in [4.78, 5) is 10.3. The standard InChI is InChI=1S/C11H13FO4/c1-6-4-7(2-3-8(6)12)11(16)9(13)5-10(14)15/h2-4,9,11,13,16H,5H2,1H3,(H,14,15). The molecule has 2 atom stereocenters. The summed E-state index contributed by atoms with van der Waals surface area (Å²) in [5.74, 6) is -1.62. The zero-order chi connectivity index (χ0) is 12.3. The zero-order valence-electron chi connectivity index (χ0n) is 8.72. The molecule has 3 N–H and O–H groups in total. The van der Waals surface area contributed by atoms with E-state index in [9.17, 15) is 19.4 Å². The summed E-state index contributed by atoms with van der Waals surface area (Å²) >= 11 is 0. The van der Waals surface area contributed by atoms with Crippen LogP contribution >= 0.6 is 0 Å². The Morgan fingerprint density at radius 2 is 2.06 bits per heavy atom. The minimum absolute atomic E-state index is 0.299. The van der Waals surface area contributed by atoms with Gasteiger partial charge in [-0.3, -0.25) is 4.79 Å². The highest BCUT2D eigenvalue weighted by molar-refractivity contribution is 5.67. The highest BCUT2D eigenvalue weighted by Gasteiger charge is 2.21. The summed E-state index contributed by atoms with van der Waals surface area (Å²) < 4.78 is 12.9. The molecule has 0 aliphatic rings. The number of hydrogen-bond acceptors (Lipinski definition) is 3. The maximum Gasteiger partial charge on any atom is 0.306 e. The minimum atomic E-state index is -1.40. The molecule has 0 aliphatic heterocycles. The molecule has 16 heavy (non-hydrogen) atoms. The maximum atomic E-state index is 12.9. The van der Waals surface area contributed by atoms with Gasteiger partial charge in [-0.1, -0.05) is 12.1 Å². The lowest BCUT2D eigenvalue weighted by Crippen LogP contribution is -2.21. The molecule has 5 heteroatoms. The summed E-state index contributed by atoms with van der Waals surface area (Å²) in [6.45, 7) is 1.52. The smallest absolute Gasteiger partial charge is 0.306 e. The summed E-state index contributed by atoms with van der Waals surface area (Å²) in [5, 5.41) is 27.4. The van der Waals surface area contributed by atoms with Crippen molar-refractivity contribution < 1.29 is 24.5 Å². The van der Waals surface area contributed by atoms with Crippen LogP contribution < -0.4 is 0 Å². The van der Waals surface area contributed by atoms with Crippen molar-refractivity contribution in [2.24, 2.45) is 0 Å². The third-order valence-corrected chi connectivity index (χ3v) is 2.27. The van der Waals surface area contributed by atoms with Crippen LogP contribution in [0.25, 0.3) is 0 Å². The van der Waals surface area contributed by atoms with Crippen molar-refractivity contribution >= 4 is 5.97 Å². The Kier molecular flexibility index (Phi) is 3.98. The molecule has 0 saturated carbocycles. The van der Waals surface area contributed by atoms with Gasteiger partial charge in [0.1, 0.15) is 11.9 Å². The van der Waals surface area contributed by atoms with E-state index in [1.165, 1.54) is 25.1 Å². The summed E-state index contributed by atoms with van der Waals surface area (Å²) in [6.07, 6.45) is -3.28. The molecule has 0 saturated heterocycles. The molecule has 88 valence electrons. The Labute approximate surface area is 92.0 Å². The number of carboxylic acid groups (broad SMARTS) is 1. The summed E-state index contributed by atoms with van der Waals surface area (Å²) in [5.41, 5.74) is 0.631. The van der Waals surface area contributed by atoms with E-state index < -0.39 is 30.4 Å². The van der Waals surface area contributed by atoms with Gasteiger partial charge in [-0.2, -0.15) is 0 Å². The second-order valence-corrected chi connectivity index (χ2v) is 3.62. The van der Waals surface area contributed by atoms with Crippen LogP contribution in [0.15, 0.2) is 18.2 Å². The van der Waals surface area contributed by atoms with Gasteiger partial charge in [0.15, 0.2) is 0 Å². The molecule has 1 aromatic carbocycles. The van der Waals surface area contributed by atoms with E-state index in [2.05, 4.69) is 0 Å². The van der Waals surface area contributed by atoms with Crippen molar-refractivity contribution in [3.63, 3.8) is 0 Å². The van der Waals surface area contributed by atoms with Crippen molar-refractivity contribution in [2.45, 2.75) is 25.6 Å². The average molecular weight is 228 g/mol. The normalized spacial score (nSPS) is 14.5. The van der Waals surface area contributed by atoms with Crippen molar-refractivity contribution in [3.8, 4) is 0 Å². The SMILES string of the molecule is Cc1cc(C(O)C(O)CC(=O)O)ccc1F. The van der Waals surface area contributed by atoms with Crippen LogP contribution in [0.5, 0.6) is 0 Å². The number of rotatable bonds is 4. The second kappa shape index (κ2) is 5.05. The van der Waals surface area contributed by atoms with E-state index in [4.69, 9.17) is 5.11 Å². The number of aliphatic carboxylic acids is 1. The third-order valence-electron chi connectivity index (χ3n) is 2.27. The Balaban J connectivity index is 2.83. The molecule has 0 amide bonds. The summed E-state index contributed by atoms with van der Waals surface area (Å²) in [7, 11) is 0. The van der Waals surface area contributed by atoms with Crippen LogP contribution in [0.3, 0.4) is 0 Å². The van der Waals surface area contributed by atoms with Crippen LogP contribution in [-0.4, -0.2) is 27.4 Å². The van der Waals surface area contributed by atoms with Gasteiger partial charge < -0.3 is 15.3 Å². The predicted molar refractivity (Wildman–Crippen MR) is 54.4 cm³/mol. The van der Waals surface area contributed by atoms with Gasteiger partial charge in [-0.25, -0.2) is 4.39 Å². The lowest BCUT2D eigenvalue weighted by Gasteiger charge is -2.16. The lowest BCUT2D eigenvalue weighted by molar-refractivity contribution is -0.141. The average Bonchev–Trinajstić information content (AvgIpc) is 2.20. The van der Waals surface area contributed by atoms with E-state index in [1.54, 1.807) is 0 Å². The number of carboxylic acids is 1. The number of aryl methyl sites for hydroxylation is 1. The zero-order valence-corrected chi connectivity index (χ0v) is 8.72. The van der Waals surface area contributed by atoms with Gasteiger partial charge in [-0.15, -0.1) is 0 Å². The molecule has 1 aromatic rings. The monoisotopic (exact) mass is 228 g/mol. The van der Waals surface area contributed by atoms with E-state index in [1.807, 2.05) is 0 Å². The van der Waals surface area contributed by atoms with Gasteiger partial charge in [0, 0.05) is 0 Å². The fourth-order valence-electron chi connectivity index (χ4n) is 1.36. The van der Waals surface area contributed by atoms with Crippen LogP contribution in [0.4, 0.5) is 4.39 Å². The number of aliphatic hydroxyl groups is 2. The largest absolute Gasteiger partial charge is 0.481 e. The Hall–Kier alpha value is -1.46. The maximum absolute atomic E-state index is 12.9. The third kappa shape index (κ3) is 3.01. The molecule has 0 heterocycles. The quantitative estimate of drug-likeness (QED) is 0.718. The van der Waals surface area contributed by atoms with E-state index in [0.29, 0.717) is 11.1 Å². The van der Waals surface area contributed by atoms with Gasteiger partial charge >= 0.3 is 5.97 Å². The first-order valence-electron chi connectivity index (χ1n) is 4.75. The number of hydrogen-bond donors (Lipinski definition) is 3. The minimum Gasteiger partial charge on any atom is -0.481 e. The molecule has 0 spiro atoms. The summed E-state index contributed by atoms with van der Waals surface area (Å²) in [6, 6.07) is 3.87. The lowest BCUT2D eigenvalue weighted by atomic mass is 10.0. The van der Waals surface area contributed by atoms with Crippen LogP contribution in [0, 0.1) is 12.7 Å². The molecule has 0 bridgehead atoms. The predicted octanol–water partition coefficient (Wildman–Crippen LogP) is 1.00. The van der Waals surface area contributed by atoms with Crippen molar-refractivity contribution in [1.82, 2.24) is 0 Å². The number of benzene rings is 1. The van der Waals surface area contributed by atoms with Crippen LogP contribution in [-0.2, 0) is 4.79 Å². The first-order chi connectivity index (χ1) is 7.41. The van der Waals surface area contributed by atoms with Gasteiger partial charge in [0.25, 0.3) is 0 Å². The molecule has 0 aromatic heterocycles.